The van der Waals surface area contributed by atoms with Crippen LogP contribution in [0.3, 0.4) is 0 Å². The Kier molecular flexibility index (Phi) is 7.98. The van der Waals surface area contributed by atoms with Crippen LogP contribution in [-0.4, -0.2) is 62.8 Å². The Hall–Kier alpha value is -3.74. The molecule has 0 aliphatic carbocycles. The average Bonchev–Trinajstić information content (AvgIpc) is 3.62. The van der Waals surface area contributed by atoms with E-state index < -0.39 is 5.92 Å². The number of halogens is 2. The maximum absolute atomic E-state index is 12.9. The van der Waals surface area contributed by atoms with Crippen LogP contribution in [0.15, 0.2) is 53.6 Å². The number of amides is 1. The van der Waals surface area contributed by atoms with Crippen LogP contribution in [0.1, 0.15) is 28.0 Å². The van der Waals surface area contributed by atoms with Crippen LogP contribution in [0.4, 0.5) is 14.5 Å². The summed E-state index contributed by atoms with van der Waals surface area (Å²) in [4.78, 5) is 21.2. The lowest BCUT2D eigenvalue weighted by Crippen LogP contribution is -2.18. The summed E-state index contributed by atoms with van der Waals surface area (Å²) >= 11 is 0. The Morgan fingerprint density at radius 3 is 2.83 bits per heavy atom. The number of carbonyl (C=O) groups is 1. The molecule has 1 fully saturated rings. The Balaban J connectivity index is 0.000000375. The predicted molar refractivity (Wildman–Crippen MR) is 127 cm³/mol. The Bertz CT molecular complexity index is 1300. The number of aliphatic hydroxyl groups excluding tert-OH is 1. The summed E-state index contributed by atoms with van der Waals surface area (Å²) in [6.07, 6.45) is 4.57. The molecule has 36 heavy (non-hydrogen) atoms. The second-order valence-corrected chi connectivity index (χ2v) is 8.20. The first-order valence-corrected chi connectivity index (χ1v) is 11.3. The van der Waals surface area contributed by atoms with E-state index in [0.717, 1.165) is 16.7 Å². The van der Waals surface area contributed by atoms with E-state index in [1.54, 1.807) is 16.7 Å². The molecule has 5 rings (SSSR count). The van der Waals surface area contributed by atoms with Gasteiger partial charge in [-0.05, 0) is 36.2 Å². The number of benzene rings is 1. The van der Waals surface area contributed by atoms with Crippen molar-refractivity contribution in [1.82, 2.24) is 24.8 Å². The quantitative estimate of drug-likeness (QED) is 0.331. The van der Waals surface area contributed by atoms with Crippen molar-refractivity contribution in [1.29, 1.82) is 0 Å². The monoisotopic (exact) mass is 500 g/mol. The van der Waals surface area contributed by atoms with Crippen molar-refractivity contribution in [3.63, 3.8) is 0 Å². The normalized spacial score (nSPS) is 14.4. The molecule has 1 saturated heterocycles. The van der Waals surface area contributed by atoms with Gasteiger partial charge >= 0.3 is 0 Å². The van der Waals surface area contributed by atoms with Gasteiger partial charge in [-0.25, -0.2) is 13.8 Å². The predicted octanol–water partition coefficient (Wildman–Crippen LogP) is 3.07. The number of aromatic nitrogens is 4. The van der Waals surface area contributed by atoms with Gasteiger partial charge in [0.1, 0.15) is 11.3 Å². The Labute approximate surface area is 205 Å². The highest BCUT2D eigenvalue weighted by Crippen LogP contribution is 2.24. The molecule has 1 amide bonds. The molecule has 4 heterocycles. The molecular formula is C24H26F2N6O4. The van der Waals surface area contributed by atoms with Gasteiger partial charge in [0, 0.05) is 30.4 Å². The van der Waals surface area contributed by atoms with Gasteiger partial charge in [0.15, 0.2) is 0 Å². The molecule has 3 N–H and O–H groups in total. The molecule has 190 valence electrons. The Morgan fingerprint density at radius 2 is 2.17 bits per heavy atom. The summed E-state index contributed by atoms with van der Waals surface area (Å²) < 4.78 is 35.6. The van der Waals surface area contributed by atoms with E-state index in [1.807, 2.05) is 31.2 Å². The van der Waals surface area contributed by atoms with Crippen LogP contribution < -0.4 is 10.6 Å². The standard InChI is InChI=1S/C20H19N5O4.C4H7F2N/c1-13-2-3-15(19-22-12-29-24-19)9-16(13)23-20(27)17-10-21-18-8-14(4-5-25(17)18)11-28-7-6-26;5-4(6)1-2-7-3-4/h2-5,8-10,12,26H,6-7,11H2,1H3,(H,23,27);7H,1-3H2. The maximum atomic E-state index is 12.9. The zero-order valence-corrected chi connectivity index (χ0v) is 19.6. The number of hydrogen-bond donors (Lipinski definition) is 3. The average molecular weight is 501 g/mol. The first kappa shape index (κ1) is 25.4. The van der Waals surface area contributed by atoms with Crippen LogP contribution in [0.5, 0.6) is 0 Å². The van der Waals surface area contributed by atoms with Crippen molar-refractivity contribution in [2.75, 3.05) is 31.6 Å². The van der Waals surface area contributed by atoms with Gasteiger partial charge in [-0.3, -0.25) is 9.20 Å². The van der Waals surface area contributed by atoms with Crippen molar-refractivity contribution in [3.8, 4) is 11.4 Å². The smallest absolute Gasteiger partial charge is 0.274 e. The van der Waals surface area contributed by atoms with E-state index in [4.69, 9.17) is 14.4 Å². The number of nitrogens with one attached hydrogen (secondary N) is 2. The molecule has 12 heteroatoms. The first-order valence-electron chi connectivity index (χ1n) is 11.3. The number of anilines is 1. The lowest BCUT2D eigenvalue weighted by molar-refractivity contribution is 0.0238. The zero-order chi connectivity index (χ0) is 25.5. The van der Waals surface area contributed by atoms with Crippen LogP contribution in [-0.2, 0) is 11.3 Å². The Morgan fingerprint density at radius 1 is 1.31 bits per heavy atom. The lowest BCUT2D eigenvalue weighted by Gasteiger charge is -2.10. The molecule has 0 unspecified atom stereocenters. The summed E-state index contributed by atoms with van der Waals surface area (Å²) in [6.45, 7) is 2.86. The lowest BCUT2D eigenvalue weighted by atomic mass is 10.1. The summed E-state index contributed by atoms with van der Waals surface area (Å²) in [5, 5.41) is 18.1. The van der Waals surface area contributed by atoms with Crippen LogP contribution in [0, 0.1) is 6.92 Å². The van der Waals surface area contributed by atoms with Gasteiger partial charge < -0.3 is 25.0 Å². The number of rotatable bonds is 7. The fourth-order valence-corrected chi connectivity index (χ4v) is 3.55. The van der Waals surface area contributed by atoms with Gasteiger partial charge in [0.25, 0.3) is 11.8 Å². The minimum absolute atomic E-state index is 0.00694. The number of hydrogen-bond acceptors (Lipinski definition) is 8. The number of alkyl halides is 2. The van der Waals surface area contributed by atoms with Crippen molar-refractivity contribution in [3.05, 3.63) is 65.9 Å². The highest BCUT2D eigenvalue weighted by atomic mass is 19.3. The van der Waals surface area contributed by atoms with E-state index in [-0.39, 0.29) is 32.1 Å². The minimum Gasteiger partial charge on any atom is -0.394 e. The van der Waals surface area contributed by atoms with E-state index in [0.29, 0.717) is 36.0 Å². The van der Waals surface area contributed by atoms with Crippen molar-refractivity contribution in [2.45, 2.75) is 25.9 Å². The molecule has 0 atom stereocenters. The number of ether oxygens (including phenoxy) is 1. The van der Waals surface area contributed by atoms with Crippen molar-refractivity contribution < 1.29 is 27.9 Å². The largest absolute Gasteiger partial charge is 0.394 e. The molecule has 1 aliphatic rings. The van der Waals surface area contributed by atoms with E-state index in [2.05, 4.69) is 25.8 Å². The fourth-order valence-electron chi connectivity index (χ4n) is 3.55. The number of carbonyl (C=O) groups excluding carboxylic acids is 1. The molecule has 1 aliphatic heterocycles. The molecule has 3 aromatic heterocycles. The summed E-state index contributed by atoms with van der Waals surface area (Å²) in [7, 11) is 0. The third-order valence-corrected chi connectivity index (χ3v) is 5.47. The maximum Gasteiger partial charge on any atom is 0.274 e. The second-order valence-electron chi connectivity index (χ2n) is 8.20. The van der Waals surface area contributed by atoms with Crippen LogP contribution in [0.25, 0.3) is 17.0 Å². The van der Waals surface area contributed by atoms with Gasteiger partial charge in [0.05, 0.1) is 32.6 Å². The number of imidazole rings is 1. The molecule has 0 saturated carbocycles. The number of nitrogens with zero attached hydrogens (tertiary/aromatic N) is 4. The van der Waals surface area contributed by atoms with Gasteiger partial charge in [-0.2, -0.15) is 4.98 Å². The molecule has 0 radical (unpaired) electrons. The first-order chi connectivity index (χ1) is 17.4. The minimum atomic E-state index is -2.42. The molecule has 4 aromatic rings. The fraction of sp³-hybridized carbons (Fsp3) is 0.333. The molecule has 10 nitrogen and oxygen atoms in total. The third-order valence-electron chi connectivity index (χ3n) is 5.47. The number of pyridine rings is 1. The van der Waals surface area contributed by atoms with Crippen LogP contribution >= 0.6 is 0 Å². The number of fused-ring (bicyclic) bond motifs is 1. The van der Waals surface area contributed by atoms with Gasteiger partial charge in [0.2, 0.25) is 12.2 Å². The van der Waals surface area contributed by atoms with E-state index in [9.17, 15) is 13.6 Å². The molecule has 0 bridgehead atoms. The summed E-state index contributed by atoms with van der Waals surface area (Å²) in [5.41, 5.74) is 4.26. The number of aryl methyl sites for hydroxylation is 1. The van der Waals surface area contributed by atoms with Crippen molar-refractivity contribution >= 4 is 17.2 Å². The SMILES string of the molecule is Cc1ccc(-c2ncon2)cc1NC(=O)c1cnc2cc(COCCO)ccn12.FC1(F)CCNC1. The highest BCUT2D eigenvalue weighted by molar-refractivity contribution is 6.04. The van der Waals surface area contributed by atoms with Gasteiger partial charge in [-0.15, -0.1) is 0 Å². The van der Waals surface area contributed by atoms with Crippen molar-refractivity contribution in [2.24, 2.45) is 0 Å². The summed E-state index contributed by atoms with van der Waals surface area (Å²) in [5.74, 6) is -2.25. The third kappa shape index (κ3) is 6.27. The molecule has 0 spiro atoms. The van der Waals surface area contributed by atoms with E-state index >= 15 is 0 Å². The summed E-state index contributed by atoms with van der Waals surface area (Å²) in [6, 6.07) is 9.25. The highest BCUT2D eigenvalue weighted by Gasteiger charge is 2.32. The van der Waals surface area contributed by atoms with Gasteiger partial charge in [-0.1, -0.05) is 17.3 Å². The zero-order valence-electron chi connectivity index (χ0n) is 19.6. The van der Waals surface area contributed by atoms with E-state index in [1.165, 1.54) is 12.6 Å². The van der Waals surface area contributed by atoms with Crippen LogP contribution in [0.2, 0.25) is 0 Å². The molecule has 1 aromatic carbocycles. The molecular weight excluding hydrogens is 474 g/mol. The second kappa shape index (κ2) is 11.3. The number of aliphatic hydroxyl groups is 1. The topological polar surface area (TPSA) is 127 Å².